The van der Waals surface area contributed by atoms with Gasteiger partial charge in [0.1, 0.15) is 23.1 Å². The Hall–Kier alpha value is -3.42. The van der Waals surface area contributed by atoms with Crippen LogP contribution in [0.2, 0.25) is 0 Å². The van der Waals surface area contributed by atoms with Gasteiger partial charge in [0, 0.05) is 5.69 Å². The summed E-state index contributed by atoms with van der Waals surface area (Å²) in [6, 6.07) is 11.4. The van der Waals surface area contributed by atoms with Crippen LogP contribution in [0, 0.1) is 17.5 Å². The lowest BCUT2D eigenvalue weighted by Gasteiger charge is -2.08. The zero-order valence-corrected chi connectivity index (χ0v) is 12.6. The molecule has 0 radical (unpaired) electrons. The molecule has 1 heterocycles. The molecule has 2 N–H and O–H groups in total. The Kier molecular flexibility index (Phi) is 4.60. The van der Waals surface area contributed by atoms with Gasteiger partial charge in [0.25, 0.3) is 5.91 Å². The number of hydrogen-bond donors (Lipinski definition) is 2. The van der Waals surface area contributed by atoms with Crippen LogP contribution >= 0.6 is 0 Å². The van der Waals surface area contributed by atoms with Crippen LogP contribution in [-0.4, -0.2) is 16.1 Å². The first-order valence-electron chi connectivity index (χ1n) is 7.14. The number of amides is 1. The van der Waals surface area contributed by atoms with E-state index in [-0.39, 0.29) is 17.2 Å². The van der Waals surface area contributed by atoms with Gasteiger partial charge < -0.3 is 10.6 Å². The SMILES string of the molecule is O=C(Nc1ccc(F)cc1)c1ccc(Nc2c(F)cccc2F)nn1. The van der Waals surface area contributed by atoms with Crippen molar-refractivity contribution in [3.8, 4) is 0 Å². The molecule has 0 atom stereocenters. The second kappa shape index (κ2) is 7.00. The van der Waals surface area contributed by atoms with E-state index >= 15 is 0 Å². The fourth-order valence-electron chi connectivity index (χ4n) is 1.99. The van der Waals surface area contributed by atoms with E-state index in [0.29, 0.717) is 5.69 Å². The van der Waals surface area contributed by atoms with Gasteiger partial charge in [0.2, 0.25) is 0 Å². The highest BCUT2D eigenvalue weighted by atomic mass is 19.1. The van der Waals surface area contributed by atoms with E-state index in [4.69, 9.17) is 0 Å². The van der Waals surface area contributed by atoms with Crippen LogP contribution in [0.4, 0.5) is 30.4 Å². The Morgan fingerprint density at radius 3 is 2.12 bits per heavy atom. The number of aromatic nitrogens is 2. The molecule has 0 bridgehead atoms. The minimum atomic E-state index is -0.778. The second-order valence-electron chi connectivity index (χ2n) is 4.99. The molecule has 8 heteroatoms. The predicted molar refractivity (Wildman–Crippen MR) is 86.0 cm³/mol. The van der Waals surface area contributed by atoms with Crippen LogP contribution in [0.3, 0.4) is 0 Å². The smallest absolute Gasteiger partial charge is 0.276 e. The maximum atomic E-state index is 13.6. The van der Waals surface area contributed by atoms with Crippen LogP contribution in [0.15, 0.2) is 54.6 Å². The van der Waals surface area contributed by atoms with Gasteiger partial charge in [-0.15, -0.1) is 10.2 Å². The maximum absolute atomic E-state index is 13.6. The number of para-hydroxylation sites is 1. The predicted octanol–water partition coefficient (Wildman–Crippen LogP) is 3.89. The fraction of sp³-hybridized carbons (Fsp3) is 0. The van der Waals surface area contributed by atoms with Crippen molar-refractivity contribution in [2.45, 2.75) is 0 Å². The average molecular weight is 344 g/mol. The Bertz CT molecular complexity index is 879. The van der Waals surface area contributed by atoms with Crippen molar-refractivity contribution in [2.24, 2.45) is 0 Å². The van der Waals surface area contributed by atoms with Gasteiger partial charge in [0.15, 0.2) is 11.5 Å². The van der Waals surface area contributed by atoms with Crippen molar-refractivity contribution in [3.63, 3.8) is 0 Å². The molecule has 126 valence electrons. The molecule has 1 aromatic heterocycles. The van der Waals surface area contributed by atoms with Gasteiger partial charge in [-0.05, 0) is 48.5 Å². The number of hydrogen-bond acceptors (Lipinski definition) is 4. The normalized spacial score (nSPS) is 10.4. The summed E-state index contributed by atoms with van der Waals surface area (Å²) in [5, 5.41) is 12.4. The van der Waals surface area contributed by atoms with E-state index in [1.165, 1.54) is 42.5 Å². The van der Waals surface area contributed by atoms with Gasteiger partial charge >= 0.3 is 0 Å². The van der Waals surface area contributed by atoms with E-state index < -0.39 is 23.4 Å². The summed E-state index contributed by atoms with van der Waals surface area (Å²) in [5.74, 6) is -2.46. The molecule has 0 saturated carbocycles. The van der Waals surface area contributed by atoms with Crippen molar-refractivity contribution in [1.29, 1.82) is 0 Å². The van der Waals surface area contributed by atoms with Crippen molar-refractivity contribution in [2.75, 3.05) is 10.6 Å². The summed E-state index contributed by atoms with van der Waals surface area (Å²) in [6.07, 6.45) is 0. The molecule has 0 fully saturated rings. The lowest BCUT2D eigenvalue weighted by atomic mass is 10.2. The standard InChI is InChI=1S/C17H11F3N4O/c18-10-4-6-11(7-5-10)21-17(25)14-8-9-15(24-23-14)22-16-12(19)2-1-3-13(16)20/h1-9H,(H,21,25)(H,22,24). The molecule has 3 aromatic rings. The van der Waals surface area contributed by atoms with Crippen LogP contribution in [-0.2, 0) is 0 Å². The van der Waals surface area contributed by atoms with Gasteiger partial charge in [-0.25, -0.2) is 13.2 Å². The number of carbonyl (C=O) groups excluding carboxylic acids is 1. The van der Waals surface area contributed by atoms with Gasteiger partial charge in [-0.1, -0.05) is 6.07 Å². The zero-order valence-electron chi connectivity index (χ0n) is 12.6. The van der Waals surface area contributed by atoms with Crippen LogP contribution in [0.25, 0.3) is 0 Å². The number of rotatable bonds is 4. The Labute approximate surface area is 140 Å². The highest BCUT2D eigenvalue weighted by Crippen LogP contribution is 2.21. The topological polar surface area (TPSA) is 66.9 Å². The van der Waals surface area contributed by atoms with Crippen molar-refractivity contribution in [1.82, 2.24) is 10.2 Å². The number of halogens is 3. The summed E-state index contributed by atoms with van der Waals surface area (Å²) in [6.45, 7) is 0. The van der Waals surface area contributed by atoms with Crippen molar-refractivity contribution in [3.05, 3.63) is 77.7 Å². The van der Waals surface area contributed by atoms with E-state index in [9.17, 15) is 18.0 Å². The first kappa shape index (κ1) is 16.4. The second-order valence-corrected chi connectivity index (χ2v) is 4.99. The fourth-order valence-corrected chi connectivity index (χ4v) is 1.99. The van der Waals surface area contributed by atoms with E-state index in [0.717, 1.165) is 12.1 Å². The molecule has 0 unspecified atom stereocenters. The number of nitrogens with zero attached hydrogens (tertiary/aromatic N) is 2. The van der Waals surface area contributed by atoms with Gasteiger partial charge in [0.05, 0.1) is 0 Å². The van der Waals surface area contributed by atoms with Crippen LogP contribution < -0.4 is 10.6 Å². The molecule has 5 nitrogen and oxygen atoms in total. The number of anilines is 3. The lowest BCUT2D eigenvalue weighted by Crippen LogP contribution is -2.14. The number of carbonyl (C=O) groups is 1. The first-order chi connectivity index (χ1) is 12.0. The molecule has 0 saturated heterocycles. The Morgan fingerprint density at radius 1 is 0.840 bits per heavy atom. The molecule has 0 aliphatic carbocycles. The summed E-state index contributed by atoms with van der Waals surface area (Å²) in [4.78, 5) is 12.0. The summed E-state index contributed by atoms with van der Waals surface area (Å²) < 4.78 is 40.0. The van der Waals surface area contributed by atoms with E-state index in [1.807, 2.05) is 0 Å². The first-order valence-corrected chi connectivity index (χ1v) is 7.14. The molecule has 0 aliphatic heterocycles. The molecule has 3 rings (SSSR count). The third kappa shape index (κ3) is 3.92. The number of nitrogens with one attached hydrogen (secondary N) is 2. The van der Waals surface area contributed by atoms with Crippen molar-refractivity contribution < 1.29 is 18.0 Å². The molecule has 2 aromatic carbocycles. The average Bonchev–Trinajstić information content (AvgIpc) is 2.61. The lowest BCUT2D eigenvalue weighted by molar-refractivity contribution is 0.102. The molecule has 25 heavy (non-hydrogen) atoms. The van der Waals surface area contributed by atoms with Crippen molar-refractivity contribution >= 4 is 23.1 Å². The monoisotopic (exact) mass is 344 g/mol. The van der Waals surface area contributed by atoms with Crippen LogP contribution in [0.5, 0.6) is 0 Å². The summed E-state index contributed by atoms with van der Waals surface area (Å²) in [5.41, 5.74) is 0.0213. The van der Waals surface area contributed by atoms with E-state index in [1.54, 1.807) is 0 Å². The summed E-state index contributed by atoms with van der Waals surface area (Å²) in [7, 11) is 0. The van der Waals surface area contributed by atoms with Gasteiger partial charge in [-0.2, -0.15) is 0 Å². The molecule has 0 aliphatic rings. The zero-order chi connectivity index (χ0) is 17.8. The van der Waals surface area contributed by atoms with Crippen LogP contribution in [0.1, 0.15) is 10.5 Å². The van der Waals surface area contributed by atoms with Gasteiger partial charge in [-0.3, -0.25) is 4.79 Å². The molecular formula is C17H11F3N4O. The quantitative estimate of drug-likeness (QED) is 0.753. The third-order valence-corrected chi connectivity index (χ3v) is 3.22. The summed E-state index contributed by atoms with van der Waals surface area (Å²) >= 11 is 0. The highest BCUT2D eigenvalue weighted by Gasteiger charge is 2.12. The molecular weight excluding hydrogens is 333 g/mol. The minimum absolute atomic E-state index is 0.0103. The Balaban J connectivity index is 1.71. The minimum Gasteiger partial charge on any atom is -0.334 e. The largest absolute Gasteiger partial charge is 0.334 e. The Morgan fingerprint density at radius 2 is 1.52 bits per heavy atom. The van der Waals surface area contributed by atoms with E-state index in [2.05, 4.69) is 20.8 Å². The third-order valence-electron chi connectivity index (χ3n) is 3.22. The molecule has 1 amide bonds. The number of benzene rings is 2. The highest BCUT2D eigenvalue weighted by molar-refractivity contribution is 6.02. The molecule has 0 spiro atoms. The maximum Gasteiger partial charge on any atom is 0.276 e.